The van der Waals surface area contributed by atoms with Crippen LogP contribution in [-0.2, 0) is 18.4 Å². The van der Waals surface area contributed by atoms with Crippen molar-refractivity contribution in [1.29, 1.82) is 0 Å². The molecule has 1 amide bonds. The number of imidazole rings is 1. The van der Waals surface area contributed by atoms with Crippen LogP contribution in [-0.4, -0.2) is 46.1 Å². The van der Waals surface area contributed by atoms with E-state index in [1.165, 1.54) is 6.42 Å². The summed E-state index contributed by atoms with van der Waals surface area (Å²) in [7, 11) is 1.75. The summed E-state index contributed by atoms with van der Waals surface area (Å²) in [5.41, 5.74) is 1.96. The molecule has 136 valence electrons. The van der Waals surface area contributed by atoms with Crippen LogP contribution < -0.4 is 11.0 Å². The van der Waals surface area contributed by atoms with Gasteiger partial charge in [0.05, 0.1) is 11.0 Å². The van der Waals surface area contributed by atoms with Gasteiger partial charge in [0.25, 0.3) is 0 Å². The molecule has 6 nitrogen and oxygen atoms in total. The number of benzene rings is 1. The molecule has 0 aliphatic carbocycles. The van der Waals surface area contributed by atoms with Gasteiger partial charge in [-0.15, -0.1) is 12.4 Å². The minimum Gasteiger partial charge on any atom is -0.341 e. The minimum absolute atomic E-state index is 0. The smallest absolute Gasteiger partial charge is 0.329 e. The Morgan fingerprint density at radius 1 is 1.16 bits per heavy atom. The van der Waals surface area contributed by atoms with Gasteiger partial charge in [0.1, 0.15) is 6.54 Å². The van der Waals surface area contributed by atoms with Gasteiger partial charge in [0.2, 0.25) is 5.91 Å². The van der Waals surface area contributed by atoms with Crippen molar-refractivity contribution < 1.29 is 4.79 Å². The molecule has 2 aliphatic heterocycles. The number of likely N-dealkylation sites (tertiary alicyclic amines) is 1. The lowest BCUT2D eigenvalue weighted by atomic mass is 9.78. The first kappa shape index (κ1) is 18.0. The summed E-state index contributed by atoms with van der Waals surface area (Å²) in [5, 5.41) is 3.45. The minimum atomic E-state index is -0.127. The van der Waals surface area contributed by atoms with Crippen LogP contribution in [0.3, 0.4) is 0 Å². The van der Waals surface area contributed by atoms with Crippen molar-refractivity contribution >= 4 is 29.3 Å². The van der Waals surface area contributed by atoms with Crippen molar-refractivity contribution in [1.82, 2.24) is 19.4 Å². The van der Waals surface area contributed by atoms with E-state index in [1.807, 2.05) is 29.2 Å². The Labute approximate surface area is 153 Å². The zero-order chi connectivity index (χ0) is 16.7. The molecule has 0 atom stereocenters. The third kappa shape index (κ3) is 3.09. The fraction of sp³-hybridized carbons (Fsp3) is 0.556. The van der Waals surface area contributed by atoms with Gasteiger partial charge in [0, 0.05) is 26.7 Å². The molecule has 1 aromatic carbocycles. The average Bonchev–Trinajstić information content (AvgIpc) is 3.15. The summed E-state index contributed by atoms with van der Waals surface area (Å²) in [6.07, 6.45) is 3.35. The van der Waals surface area contributed by atoms with Crippen LogP contribution in [0.4, 0.5) is 0 Å². The maximum Gasteiger partial charge on any atom is 0.329 e. The highest BCUT2D eigenvalue weighted by atomic mass is 35.5. The van der Waals surface area contributed by atoms with Crippen LogP contribution in [0, 0.1) is 5.41 Å². The third-order valence-electron chi connectivity index (χ3n) is 5.85. The Balaban J connectivity index is 0.00000182. The van der Waals surface area contributed by atoms with Crippen molar-refractivity contribution in [3.63, 3.8) is 0 Å². The summed E-state index contributed by atoms with van der Waals surface area (Å²) >= 11 is 0. The van der Waals surface area contributed by atoms with E-state index < -0.39 is 0 Å². The summed E-state index contributed by atoms with van der Waals surface area (Å²) in [4.78, 5) is 27.1. The third-order valence-corrected chi connectivity index (χ3v) is 5.85. The number of rotatable bonds is 2. The predicted octanol–water partition coefficient (Wildman–Crippen LogP) is 1.36. The first-order valence-corrected chi connectivity index (χ1v) is 8.72. The number of nitrogens with one attached hydrogen (secondary N) is 1. The number of hydrogen-bond donors (Lipinski definition) is 1. The highest BCUT2D eigenvalue weighted by Crippen LogP contribution is 2.36. The van der Waals surface area contributed by atoms with Gasteiger partial charge >= 0.3 is 5.69 Å². The van der Waals surface area contributed by atoms with Crippen molar-refractivity contribution in [2.45, 2.75) is 25.8 Å². The van der Waals surface area contributed by atoms with Crippen molar-refractivity contribution in [2.24, 2.45) is 12.5 Å². The molecular weight excluding hydrogens is 340 g/mol. The molecule has 25 heavy (non-hydrogen) atoms. The molecule has 0 unspecified atom stereocenters. The number of amides is 1. The number of carbonyl (C=O) groups excluding carboxylic acids is 1. The van der Waals surface area contributed by atoms with Gasteiger partial charge in [-0.3, -0.25) is 13.9 Å². The maximum absolute atomic E-state index is 12.7. The van der Waals surface area contributed by atoms with E-state index in [0.717, 1.165) is 50.1 Å². The lowest BCUT2D eigenvalue weighted by Crippen LogP contribution is -2.45. The molecule has 2 aromatic rings. The highest BCUT2D eigenvalue weighted by Gasteiger charge is 2.38. The number of piperidine rings is 1. The van der Waals surface area contributed by atoms with Gasteiger partial charge < -0.3 is 10.2 Å². The molecule has 1 N–H and O–H groups in total. The van der Waals surface area contributed by atoms with E-state index in [-0.39, 0.29) is 30.5 Å². The molecule has 0 saturated carbocycles. The number of aromatic nitrogens is 2. The molecular formula is C18H25ClN4O2. The molecule has 1 spiro atoms. The summed E-state index contributed by atoms with van der Waals surface area (Å²) in [6.45, 7) is 3.92. The molecule has 2 fully saturated rings. The van der Waals surface area contributed by atoms with Crippen molar-refractivity contribution in [2.75, 3.05) is 26.2 Å². The number of fused-ring (bicyclic) bond motifs is 1. The normalized spacial score (nSPS) is 19.3. The van der Waals surface area contributed by atoms with Crippen LogP contribution in [0.25, 0.3) is 11.0 Å². The second-order valence-electron chi connectivity index (χ2n) is 7.22. The number of hydrogen-bond acceptors (Lipinski definition) is 3. The maximum atomic E-state index is 12.7. The van der Waals surface area contributed by atoms with Gasteiger partial charge in [-0.1, -0.05) is 12.1 Å². The number of para-hydroxylation sites is 2. The number of nitrogens with zero attached hydrogens (tertiary/aromatic N) is 3. The molecule has 3 heterocycles. The number of aryl methyl sites for hydroxylation is 1. The first-order chi connectivity index (χ1) is 11.6. The quantitative estimate of drug-likeness (QED) is 0.875. The molecule has 0 radical (unpaired) electrons. The fourth-order valence-corrected chi connectivity index (χ4v) is 4.20. The van der Waals surface area contributed by atoms with E-state index in [9.17, 15) is 9.59 Å². The molecule has 4 rings (SSSR count). The summed E-state index contributed by atoms with van der Waals surface area (Å²) in [5.74, 6) is 0.0502. The van der Waals surface area contributed by atoms with E-state index in [1.54, 1.807) is 16.2 Å². The van der Waals surface area contributed by atoms with Crippen LogP contribution >= 0.6 is 12.4 Å². The van der Waals surface area contributed by atoms with Gasteiger partial charge in [-0.05, 0) is 43.4 Å². The van der Waals surface area contributed by atoms with Crippen molar-refractivity contribution in [3.8, 4) is 0 Å². The molecule has 7 heteroatoms. The molecule has 0 bridgehead atoms. The van der Waals surface area contributed by atoms with Crippen LogP contribution in [0.2, 0.25) is 0 Å². The largest absolute Gasteiger partial charge is 0.341 e. The van der Waals surface area contributed by atoms with E-state index >= 15 is 0 Å². The van der Waals surface area contributed by atoms with Crippen molar-refractivity contribution in [3.05, 3.63) is 34.7 Å². The summed E-state index contributed by atoms with van der Waals surface area (Å²) < 4.78 is 3.21. The lowest BCUT2D eigenvalue weighted by molar-refractivity contribution is -0.134. The molecule has 2 saturated heterocycles. The topological polar surface area (TPSA) is 59.3 Å². The zero-order valence-electron chi connectivity index (χ0n) is 14.5. The van der Waals surface area contributed by atoms with Gasteiger partial charge in [-0.25, -0.2) is 4.79 Å². The summed E-state index contributed by atoms with van der Waals surface area (Å²) in [6, 6.07) is 7.63. The number of carbonyl (C=O) groups is 1. The zero-order valence-corrected chi connectivity index (χ0v) is 15.3. The Kier molecular flexibility index (Phi) is 4.93. The second-order valence-corrected chi connectivity index (χ2v) is 7.22. The van der Waals surface area contributed by atoms with Gasteiger partial charge in [0.15, 0.2) is 0 Å². The van der Waals surface area contributed by atoms with Crippen LogP contribution in [0.5, 0.6) is 0 Å². The highest BCUT2D eigenvalue weighted by molar-refractivity contribution is 5.85. The Morgan fingerprint density at radius 2 is 1.84 bits per heavy atom. The Bertz CT molecular complexity index is 825. The first-order valence-electron chi connectivity index (χ1n) is 8.72. The Morgan fingerprint density at radius 3 is 2.48 bits per heavy atom. The Hall–Kier alpha value is -1.79. The van der Waals surface area contributed by atoms with Gasteiger partial charge in [-0.2, -0.15) is 0 Å². The lowest BCUT2D eigenvalue weighted by Gasteiger charge is -2.38. The van der Waals surface area contributed by atoms with E-state index in [2.05, 4.69) is 5.32 Å². The molecule has 1 aromatic heterocycles. The number of halogens is 1. The monoisotopic (exact) mass is 364 g/mol. The molecule has 2 aliphatic rings. The van der Waals surface area contributed by atoms with E-state index in [4.69, 9.17) is 0 Å². The van der Waals surface area contributed by atoms with Crippen LogP contribution in [0.1, 0.15) is 19.3 Å². The fourth-order valence-electron chi connectivity index (χ4n) is 4.20. The predicted molar refractivity (Wildman–Crippen MR) is 100 cm³/mol. The SMILES string of the molecule is Cl.Cn1c(=O)n(CC(=O)N2CCC3(CCNC3)CC2)c2ccccc21. The average molecular weight is 365 g/mol. The standard InChI is InChI=1S/C18H24N4O2.ClH/c1-20-14-4-2-3-5-15(14)22(17(20)24)12-16(23)21-10-7-18(8-11-21)6-9-19-13-18;/h2-5,19H,6-13H2,1H3;1H. The van der Waals surface area contributed by atoms with Crippen LogP contribution in [0.15, 0.2) is 29.1 Å². The van der Waals surface area contributed by atoms with E-state index in [0.29, 0.717) is 5.41 Å². The second kappa shape index (κ2) is 6.84.